The maximum atomic E-state index is 13.6. The number of nitro groups is 1. The zero-order valence-corrected chi connectivity index (χ0v) is 19.5. The van der Waals surface area contributed by atoms with Crippen molar-refractivity contribution in [2.24, 2.45) is 0 Å². The average Bonchev–Trinajstić information content (AvgIpc) is 3.16. The van der Waals surface area contributed by atoms with E-state index < -0.39 is 36.6 Å². The SMILES string of the molecule is Cc1ccc(S(=O)(=O)N2c3[nH]c4ccccc4c3C(c3ccc([N+](=O)[O-])cc3)CS2(=O)=O)cc1. The van der Waals surface area contributed by atoms with E-state index in [1.54, 1.807) is 43.3 Å². The summed E-state index contributed by atoms with van der Waals surface area (Å²) in [5, 5.41) is 11.7. The van der Waals surface area contributed by atoms with Crippen LogP contribution in [0.1, 0.15) is 22.6 Å². The highest BCUT2D eigenvalue weighted by Gasteiger charge is 2.46. The average molecular weight is 498 g/mol. The maximum absolute atomic E-state index is 13.6. The first kappa shape index (κ1) is 22.1. The van der Waals surface area contributed by atoms with Gasteiger partial charge in [-0.15, -0.1) is 3.71 Å². The van der Waals surface area contributed by atoms with Gasteiger partial charge in [-0.1, -0.05) is 48.0 Å². The molecule has 0 bridgehead atoms. The second-order valence-corrected chi connectivity index (χ2v) is 12.0. The largest absolute Gasteiger partial charge is 0.339 e. The molecule has 4 aromatic rings. The van der Waals surface area contributed by atoms with Gasteiger partial charge in [0.15, 0.2) is 0 Å². The summed E-state index contributed by atoms with van der Waals surface area (Å²) in [4.78, 5) is 13.4. The number of hydrogen-bond donors (Lipinski definition) is 1. The van der Waals surface area contributed by atoms with Crippen molar-refractivity contribution < 1.29 is 21.8 Å². The fraction of sp³-hybridized carbons (Fsp3) is 0.130. The number of nitrogens with one attached hydrogen (secondary N) is 1. The molecule has 34 heavy (non-hydrogen) atoms. The van der Waals surface area contributed by atoms with E-state index in [4.69, 9.17) is 0 Å². The zero-order valence-electron chi connectivity index (χ0n) is 17.9. The summed E-state index contributed by atoms with van der Waals surface area (Å²) in [6.45, 7) is 1.80. The maximum Gasteiger partial charge on any atom is 0.278 e. The molecule has 1 N–H and O–H groups in total. The van der Waals surface area contributed by atoms with E-state index in [0.29, 0.717) is 25.7 Å². The molecule has 2 heterocycles. The van der Waals surface area contributed by atoms with Gasteiger partial charge < -0.3 is 4.98 Å². The van der Waals surface area contributed by atoms with E-state index in [2.05, 4.69) is 4.98 Å². The van der Waals surface area contributed by atoms with Crippen LogP contribution in [-0.2, 0) is 20.0 Å². The number of benzene rings is 3. The summed E-state index contributed by atoms with van der Waals surface area (Å²) < 4.78 is 54.6. The number of aromatic amines is 1. The molecule has 1 aliphatic heterocycles. The lowest BCUT2D eigenvalue weighted by Gasteiger charge is -2.32. The van der Waals surface area contributed by atoms with Gasteiger partial charge in [-0.2, -0.15) is 8.42 Å². The minimum atomic E-state index is -4.45. The van der Waals surface area contributed by atoms with Crippen LogP contribution in [0.25, 0.3) is 10.9 Å². The minimum absolute atomic E-state index is 0.0450. The minimum Gasteiger partial charge on any atom is -0.339 e. The molecule has 11 heteroatoms. The number of nitro benzene ring substituents is 1. The van der Waals surface area contributed by atoms with E-state index in [0.717, 1.165) is 5.56 Å². The molecule has 0 aliphatic carbocycles. The van der Waals surface area contributed by atoms with Crippen LogP contribution in [0.2, 0.25) is 0 Å². The Labute approximate surface area is 195 Å². The Bertz CT molecular complexity index is 1640. The highest BCUT2D eigenvalue weighted by molar-refractivity contribution is 8.10. The van der Waals surface area contributed by atoms with Gasteiger partial charge in [-0.05, 0) is 30.7 Å². The van der Waals surface area contributed by atoms with Gasteiger partial charge in [0.05, 0.1) is 15.6 Å². The predicted octanol–water partition coefficient (Wildman–Crippen LogP) is 4.06. The number of non-ortho nitro benzene ring substituents is 1. The number of rotatable bonds is 4. The molecule has 1 aromatic heterocycles. The Morgan fingerprint density at radius 3 is 2.29 bits per heavy atom. The van der Waals surface area contributed by atoms with Crippen LogP contribution in [0.5, 0.6) is 0 Å². The van der Waals surface area contributed by atoms with E-state index in [-0.39, 0.29) is 16.4 Å². The Morgan fingerprint density at radius 1 is 1.00 bits per heavy atom. The molecular weight excluding hydrogens is 478 g/mol. The molecule has 0 amide bonds. The van der Waals surface area contributed by atoms with Gasteiger partial charge >= 0.3 is 0 Å². The van der Waals surface area contributed by atoms with Gasteiger partial charge in [0.25, 0.3) is 25.7 Å². The summed E-state index contributed by atoms with van der Waals surface area (Å²) in [7, 11) is -8.79. The molecule has 1 atom stereocenters. The smallest absolute Gasteiger partial charge is 0.278 e. The van der Waals surface area contributed by atoms with Crippen molar-refractivity contribution in [3.63, 3.8) is 0 Å². The first-order valence-electron chi connectivity index (χ1n) is 10.3. The van der Waals surface area contributed by atoms with Crippen LogP contribution >= 0.6 is 0 Å². The molecule has 0 radical (unpaired) electrons. The third-order valence-electron chi connectivity index (χ3n) is 5.93. The Morgan fingerprint density at radius 2 is 1.65 bits per heavy atom. The summed E-state index contributed by atoms with van der Waals surface area (Å²) in [6, 6.07) is 18.7. The zero-order chi connectivity index (χ0) is 24.3. The highest BCUT2D eigenvalue weighted by Crippen LogP contribution is 2.46. The first-order chi connectivity index (χ1) is 16.1. The van der Waals surface area contributed by atoms with Crippen molar-refractivity contribution in [2.45, 2.75) is 17.7 Å². The summed E-state index contributed by atoms with van der Waals surface area (Å²) in [5.41, 5.74) is 2.35. The van der Waals surface area contributed by atoms with Gasteiger partial charge in [-0.25, -0.2) is 8.42 Å². The van der Waals surface area contributed by atoms with Crippen LogP contribution in [-0.4, -0.2) is 32.5 Å². The number of aryl methyl sites for hydroxylation is 1. The number of nitrogens with zero attached hydrogens (tertiary/aromatic N) is 2. The number of fused-ring (bicyclic) bond motifs is 3. The van der Waals surface area contributed by atoms with Gasteiger partial charge in [-0.3, -0.25) is 10.1 Å². The Balaban J connectivity index is 1.75. The molecule has 174 valence electrons. The van der Waals surface area contributed by atoms with Crippen molar-refractivity contribution in [3.8, 4) is 0 Å². The van der Waals surface area contributed by atoms with Gasteiger partial charge in [0.2, 0.25) is 0 Å². The van der Waals surface area contributed by atoms with Crippen LogP contribution in [0, 0.1) is 17.0 Å². The summed E-state index contributed by atoms with van der Waals surface area (Å²) in [5.74, 6) is -1.28. The lowest BCUT2D eigenvalue weighted by atomic mass is 9.91. The monoisotopic (exact) mass is 497 g/mol. The number of hydrogen-bond acceptors (Lipinski definition) is 6. The van der Waals surface area contributed by atoms with Gasteiger partial charge in [0, 0.05) is 34.5 Å². The molecule has 0 saturated carbocycles. The molecule has 0 spiro atoms. The van der Waals surface area contributed by atoms with Crippen molar-refractivity contribution in [1.82, 2.24) is 4.98 Å². The van der Waals surface area contributed by atoms with Crippen LogP contribution in [0.3, 0.4) is 0 Å². The fourth-order valence-electron chi connectivity index (χ4n) is 4.31. The van der Waals surface area contributed by atoms with Crippen molar-refractivity contribution in [1.29, 1.82) is 0 Å². The van der Waals surface area contributed by atoms with E-state index in [1.165, 1.54) is 36.4 Å². The third-order valence-corrected chi connectivity index (χ3v) is 10.1. The highest BCUT2D eigenvalue weighted by atomic mass is 32.3. The predicted molar refractivity (Wildman–Crippen MR) is 128 cm³/mol. The normalized spacial score (nSPS) is 17.4. The quantitative estimate of drug-likeness (QED) is 0.334. The number of para-hydroxylation sites is 1. The van der Waals surface area contributed by atoms with Crippen LogP contribution in [0.4, 0.5) is 11.5 Å². The Hall–Kier alpha value is -3.70. The fourth-order valence-corrected chi connectivity index (χ4v) is 8.34. The lowest BCUT2D eigenvalue weighted by molar-refractivity contribution is -0.384. The molecule has 3 aromatic carbocycles. The molecule has 5 rings (SSSR count). The number of anilines is 1. The van der Waals surface area contributed by atoms with Crippen LogP contribution in [0.15, 0.2) is 77.7 Å². The first-order valence-corrected chi connectivity index (χ1v) is 13.3. The molecule has 9 nitrogen and oxygen atoms in total. The van der Waals surface area contributed by atoms with Crippen LogP contribution < -0.4 is 3.71 Å². The third kappa shape index (κ3) is 3.44. The molecular formula is C23H19N3O6S2. The second-order valence-electron chi connectivity index (χ2n) is 8.13. The number of sulfonamides is 2. The lowest BCUT2D eigenvalue weighted by Crippen LogP contribution is -2.43. The molecule has 0 fully saturated rings. The Kier molecular flexibility index (Phi) is 4.99. The van der Waals surface area contributed by atoms with Crippen molar-refractivity contribution >= 4 is 42.5 Å². The molecule has 1 unspecified atom stereocenters. The van der Waals surface area contributed by atoms with Crippen molar-refractivity contribution in [3.05, 3.63) is 99.6 Å². The second kappa shape index (κ2) is 7.67. The summed E-state index contributed by atoms with van der Waals surface area (Å²) >= 11 is 0. The topological polar surface area (TPSA) is 130 Å². The van der Waals surface area contributed by atoms with Gasteiger partial charge in [0.1, 0.15) is 5.82 Å². The summed E-state index contributed by atoms with van der Waals surface area (Å²) in [6.07, 6.45) is 0. The van der Waals surface area contributed by atoms with E-state index in [9.17, 15) is 26.9 Å². The number of H-pyrrole nitrogens is 1. The molecule has 1 aliphatic rings. The number of aromatic nitrogens is 1. The van der Waals surface area contributed by atoms with Crippen molar-refractivity contribution in [2.75, 3.05) is 9.46 Å². The van der Waals surface area contributed by atoms with E-state index >= 15 is 0 Å². The standard InChI is InChI=1S/C23H19N3O6S2/c1-15-6-12-18(13-7-15)34(31,32)26-23-22(19-4-2-3-5-21(19)24-23)20(14-33(26,29)30)16-8-10-17(11-9-16)25(27)28/h2-13,20,24H,14H2,1H3. The molecule has 0 saturated heterocycles. The van der Waals surface area contributed by atoms with E-state index in [1.807, 2.05) is 0 Å².